The Morgan fingerprint density at radius 2 is 1.78 bits per heavy atom. The SMILES string of the molecule is O=C(NCC(O)c1ccc(C(F)(F)F)cc1)NC1CCCCC1. The first-order chi connectivity index (χ1) is 10.9. The van der Waals surface area contributed by atoms with Crippen LogP contribution in [0.15, 0.2) is 24.3 Å². The normalized spacial score (nSPS) is 17.6. The van der Waals surface area contributed by atoms with Gasteiger partial charge in [-0.1, -0.05) is 31.4 Å². The second kappa shape index (κ2) is 7.68. The molecule has 2 rings (SSSR count). The molecule has 1 aliphatic rings. The molecule has 1 aromatic rings. The van der Waals surface area contributed by atoms with E-state index in [1.54, 1.807) is 0 Å². The van der Waals surface area contributed by atoms with Gasteiger partial charge in [0.2, 0.25) is 0 Å². The van der Waals surface area contributed by atoms with E-state index < -0.39 is 17.8 Å². The van der Waals surface area contributed by atoms with Crippen LogP contribution in [0.2, 0.25) is 0 Å². The fourth-order valence-electron chi connectivity index (χ4n) is 2.68. The van der Waals surface area contributed by atoms with E-state index in [1.807, 2.05) is 0 Å². The van der Waals surface area contributed by atoms with E-state index in [4.69, 9.17) is 0 Å². The van der Waals surface area contributed by atoms with Gasteiger partial charge in [0.25, 0.3) is 0 Å². The third kappa shape index (κ3) is 5.42. The molecule has 0 aliphatic heterocycles. The summed E-state index contributed by atoms with van der Waals surface area (Å²) in [6.07, 6.45) is -0.162. The quantitative estimate of drug-likeness (QED) is 0.793. The number of halogens is 3. The average molecular weight is 330 g/mol. The molecule has 0 bridgehead atoms. The Balaban J connectivity index is 1.79. The first-order valence-electron chi connectivity index (χ1n) is 7.76. The number of benzene rings is 1. The number of aliphatic hydroxyl groups excluding tert-OH is 1. The minimum atomic E-state index is -4.40. The van der Waals surface area contributed by atoms with Crippen molar-refractivity contribution in [1.29, 1.82) is 0 Å². The van der Waals surface area contributed by atoms with Crippen LogP contribution >= 0.6 is 0 Å². The van der Waals surface area contributed by atoms with Crippen molar-refractivity contribution in [1.82, 2.24) is 10.6 Å². The zero-order valence-corrected chi connectivity index (χ0v) is 12.7. The van der Waals surface area contributed by atoms with E-state index in [0.717, 1.165) is 37.8 Å². The lowest BCUT2D eigenvalue weighted by Gasteiger charge is -2.23. The molecule has 1 unspecified atom stereocenters. The molecule has 1 saturated carbocycles. The van der Waals surface area contributed by atoms with Crippen molar-refractivity contribution >= 4 is 6.03 Å². The van der Waals surface area contributed by atoms with Crippen molar-refractivity contribution in [3.05, 3.63) is 35.4 Å². The summed E-state index contributed by atoms with van der Waals surface area (Å²) in [5.41, 5.74) is -0.438. The molecule has 1 aliphatic carbocycles. The van der Waals surface area contributed by atoms with Gasteiger partial charge >= 0.3 is 12.2 Å². The van der Waals surface area contributed by atoms with Gasteiger partial charge in [-0.05, 0) is 30.5 Å². The van der Waals surface area contributed by atoms with Crippen LogP contribution in [-0.2, 0) is 6.18 Å². The van der Waals surface area contributed by atoms with Gasteiger partial charge < -0.3 is 15.7 Å². The van der Waals surface area contributed by atoms with E-state index in [9.17, 15) is 23.1 Å². The number of aliphatic hydroxyl groups is 1. The number of urea groups is 1. The van der Waals surface area contributed by atoms with Gasteiger partial charge in [-0.2, -0.15) is 13.2 Å². The lowest BCUT2D eigenvalue weighted by molar-refractivity contribution is -0.137. The number of amides is 2. The van der Waals surface area contributed by atoms with E-state index in [2.05, 4.69) is 10.6 Å². The maximum Gasteiger partial charge on any atom is 0.416 e. The molecule has 7 heteroatoms. The Kier molecular flexibility index (Phi) is 5.87. The maximum absolute atomic E-state index is 12.5. The first-order valence-corrected chi connectivity index (χ1v) is 7.76. The van der Waals surface area contributed by atoms with Crippen LogP contribution in [0.3, 0.4) is 0 Å². The largest absolute Gasteiger partial charge is 0.416 e. The minimum absolute atomic E-state index is 0.0517. The van der Waals surface area contributed by atoms with Gasteiger partial charge in [0.05, 0.1) is 11.7 Å². The summed E-state index contributed by atoms with van der Waals surface area (Å²) >= 11 is 0. The highest BCUT2D eigenvalue weighted by Crippen LogP contribution is 2.29. The van der Waals surface area contributed by atoms with Crippen LogP contribution in [-0.4, -0.2) is 23.7 Å². The molecule has 4 nitrogen and oxygen atoms in total. The van der Waals surface area contributed by atoms with Crippen molar-refractivity contribution < 1.29 is 23.1 Å². The number of carbonyl (C=O) groups excluding carboxylic acids is 1. The fourth-order valence-corrected chi connectivity index (χ4v) is 2.68. The topological polar surface area (TPSA) is 61.4 Å². The summed E-state index contributed by atoms with van der Waals surface area (Å²) in [5.74, 6) is 0. The summed E-state index contributed by atoms with van der Waals surface area (Å²) in [7, 11) is 0. The molecular formula is C16H21F3N2O2. The summed E-state index contributed by atoms with van der Waals surface area (Å²) in [5, 5.41) is 15.3. The Labute approximate surface area is 133 Å². The van der Waals surface area contributed by atoms with Gasteiger partial charge in [-0.15, -0.1) is 0 Å². The highest BCUT2D eigenvalue weighted by atomic mass is 19.4. The predicted octanol–water partition coefficient (Wildman–Crippen LogP) is 3.37. The summed E-state index contributed by atoms with van der Waals surface area (Å²) in [6.45, 7) is -0.0517. The third-order valence-corrected chi connectivity index (χ3v) is 4.02. The molecule has 23 heavy (non-hydrogen) atoms. The van der Waals surface area contributed by atoms with Crippen LogP contribution < -0.4 is 10.6 Å². The van der Waals surface area contributed by atoms with E-state index in [-0.39, 0.29) is 18.6 Å². The molecule has 3 N–H and O–H groups in total. The monoisotopic (exact) mass is 330 g/mol. The number of alkyl halides is 3. The Morgan fingerprint density at radius 3 is 2.35 bits per heavy atom. The zero-order chi connectivity index (χ0) is 16.9. The molecule has 1 fully saturated rings. The Hall–Kier alpha value is -1.76. The van der Waals surface area contributed by atoms with Crippen molar-refractivity contribution in [2.75, 3.05) is 6.54 Å². The predicted molar refractivity (Wildman–Crippen MR) is 79.8 cm³/mol. The van der Waals surface area contributed by atoms with Crippen LogP contribution in [0.25, 0.3) is 0 Å². The van der Waals surface area contributed by atoms with Gasteiger partial charge in [0.15, 0.2) is 0 Å². The van der Waals surface area contributed by atoms with E-state index >= 15 is 0 Å². The van der Waals surface area contributed by atoms with Gasteiger partial charge in [0.1, 0.15) is 0 Å². The molecule has 0 spiro atoms. The highest BCUT2D eigenvalue weighted by Gasteiger charge is 2.30. The Morgan fingerprint density at radius 1 is 1.17 bits per heavy atom. The summed E-state index contributed by atoms with van der Waals surface area (Å²) < 4.78 is 37.4. The highest BCUT2D eigenvalue weighted by molar-refractivity contribution is 5.74. The molecule has 0 radical (unpaired) electrons. The smallest absolute Gasteiger partial charge is 0.387 e. The molecular weight excluding hydrogens is 309 g/mol. The number of nitrogens with one attached hydrogen (secondary N) is 2. The van der Waals surface area contributed by atoms with Crippen LogP contribution in [0.4, 0.5) is 18.0 Å². The van der Waals surface area contributed by atoms with Gasteiger partial charge in [-0.3, -0.25) is 0 Å². The van der Waals surface area contributed by atoms with E-state index in [0.29, 0.717) is 5.56 Å². The van der Waals surface area contributed by atoms with E-state index in [1.165, 1.54) is 18.6 Å². The Bertz CT molecular complexity index is 511. The van der Waals surface area contributed by atoms with Crippen LogP contribution in [0.1, 0.15) is 49.3 Å². The molecule has 1 atom stereocenters. The number of carbonyl (C=O) groups is 1. The summed E-state index contributed by atoms with van der Waals surface area (Å²) in [4.78, 5) is 11.8. The molecule has 2 amide bonds. The third-order valence-electron chi connectivity index (χ3n) is 4.02. The molecule has 128 valence electrons. The standard InChI is InChI=1S/C16H21F3N2O2/c17-16(18,19)12-8-6-11(7-9-12)14(22)10-20-15(23)21-13-4-2-1-3-5-13/h6-9,13-14,22H,1-5,10H2,(H2,20,21,23). The molecule has 0 aromatic heterocycles. The molecule has 0 saturated heterocycles. The van der Waals surface area contributed by atoms with Gasteiger partial charge in [-0.25, -0.2) is 4.79 Å². The summed E-state index contributed by atoms with van der Waals surface area (Å²) in [6, 6.07) is 4.07. The van der Waals surface area contributed by atoms with Crippen molar-refractivity contribution in [3.63, 3.8) is 0 Å². The fraction of sp³-hybridized carbons (Fsp3) is 0.562. The zero-order valence-electron chi connectivity index (χ0n) is 12.7. The van der Waals surface area contributed by atoms with Crippen LogP contribution in [0.5, 0.6) is 0 Å². The van der Waals surface area contributed by atoms with Crippen molar-refractivity contribution in [2.24, 2.45) is 0 Å². The minimum Gasteiger partial charge on any atom is -0.387 e. The number of hydrogen-bond acceptors (Lipinski definition) is 2. The number of rotatable bonds is 4. The van der Waals surface area contributed by atoms with Crippen molar-refractivity contribution in [2.45, 2.75) is 50.4 Å². The molecule has 1 aromatic carbocycles. The lowest BCUT2D eigenvalue weighted by Crippen LogP contribution is -2.44. The first kappa shape index (κ1) is 17.6. The average Bonchev–Trinajstić information content (AvgIpc) is 2.53. The van der Waals surface area contributed by atoms with Crippen molar-refractivity contribution in [3.8, 4) is 0 Å². The van der Waals surface area contributed by atoms with Crippen LogP contribution in [0, 0.1) is 0 Å². The molecule has 0 heterocycles. The lowest BCUT2D eigenvalue weighted by atomic mass is 9.96. The second-order valence-electron chi connectivity index (χ2n) is 5.82. The maximum atomic E-state index is 12.5. The number of hydrogen-bond donors (Lipinski definition) is 3. The van der Waals surface area contributed by atoms with Gasteiger partial charge in [0, 0.05) is 12.6 Å². The second-order valence-corrected chi connectivity index (χ2v) is 5.82.